The van der Waals surface area contributed by atoms with E-state index in [9.17, 15) is 4.79 Å². The van der Waals surface area contributed by atoms with Crippen LogP contribution in [0, 0.1) is 5.92 Å². The zero-order valence-corrected chi connectivity index (χ0v) is 11.2. The third-order valence-corrected chi connectivity index (χ3v) is 3.62. The minimum Gasteiger partial charge on any atom is -0.461 e. The predicted octanol–water partition coefficient (Wildman–Crippen LogP) is 3.00. The van der Waals surface area contributed by atoms with Gasteiger partial charge in [0.25, 0.3) is 0 Å². The van der Waals surface area contributed by atoms with Gasteiger partial charge >= 0.3 is 5.97 Å². The number of nitrogen functional groups attached to an aromatic ring is 1. The van der Waals surface area contributed by atoms with Crippen LogP contribution in [0.15, 0.2) is 12.3 Å². The monoisotopic (exact) mass is 250 g/mol. The van der Waals surface area contributed by atoms with Crippen molar-refractivity contribution in [3.8, 4) is 0 Å². The third kappa shape index (κ3) is 2.86. The van der Waals surface area contributed by atoms with Crippen molar-refractivity contribution >= 4 is 11.7 Å². The van der Waals surface area contributed by atoms with E-state index in [1.165, 1.54) is 0 Å². The SMILES string of the molecule is CCC(CC)COC(=O)c1cc(N)cn1C1CC1. The molecule has 1 saturated carbocycles. The lowest BCUT2D eigenvalue weighted by Crippen LogP contribution is -2.16. The Morgan fingerprint density at radius 2 is 2.17 bits per heavy atom. The van der Waals surface area contributed by atoms with Crippen LogP contribution in [0.5, 0.6) is 0 Å². The molecule has 1 fully saturated rings. The third-order valence-electron chi connectivity index (χ3n) is 3.62. The fraction of sp³-hybridized carbons (Fsp3) is 0.643. The second-order valence-corrected chi connectivity index (χ2v) is 5.08. The summed E-state index contributed by atoms with van der Waals surface area (Å²) in [6.07, 6.45) is 6.17. The van der Waals surface area contributed by atoms with Gasteiger partial charge in [0.2, 0.25) is 0 Å². The summed E-state index contributed by atoms with van der Waals surface area (Å²) in [5.74, 6) is 0.209. The highest BCUT2D eigenvalue weighted by molar-refractivity contribution is 5.89. The van der Waals surface area contributed by atoms with Gasteiger partial charge in [0.1, 0.15) is 5.69 Å². The van der Waals surface area contributed by atoms with E-state index < -0.39 is 0 Å². The molecule has 0 aromatic carbocycles. The smallest absolute Gasteiger partial charge is 0.355 e. The number of aromatic nitrogens is 1. The molecule has 4 nitrogen and oxygen atoms in total. The molecule has 4 heteroatoms. The summed E-state index contributed by atoms with van der Waals surface area (Å²) in [4.78, 5) is 12.0. The van der Waals surface area contributed by atoms with Gasteiger partial charge in [-0.2, -0.15) is 0 Å². The summed E-state index contributed by atoms with van der Waals surface area (Å²) in [6.45, 7) is 4.74. The number of nitrogens with zero attached hydrogens (tertiary/aromatic N) is 1. The molecule has 0 radical (unpaired) electrons. The minimum atomic E-state index is -0.245. The first-order chi connectivity index (χ1) is 8.65. The zero-order valence-electron chi connectivity index (χ0n) is 11.2. The number of nitrogens with two attached hydrogens (primary N) is 1. The Kier molecular flexibility index (Phi) is 3.94. The molecule has 18 heavy (non-hydrogen) atoms. The van der Waals surface area contributed by atoms with Crippen molar-refractivity contribution in [1.29, 1.82) is 0 Å². The van der Waals surface area contributed by atoms with E-state index in [1.54, 1.807) is 6.07 Å². The van der Waals surface area contributed by atoms with Gasteiger partial charge in [0.05, 0.1) is 12.3 Å². The maximum atomic E-state index is 12.0. The highest BCUT2D eigenvalue weighted by atomic mass is 16.5. The van der Waals surface area contributed by atoms with Crippen LogP contribution >= 0.6 is 0 Å². The first kappa shape index (κ1) is 13.0. The number of anilines is 1. The standard InChI is InChI=1S/C14H22N2O2/c1-3-10(4-2)9-18-14(17)13-7-11(15)8-16(13)12-5-6-12/h7-8,10,12H,3-6,9,15H2,1-2H3. The summed E-state index contributed by atoms with van der Waals surface area (Å²) in [6, 6.07) is 2.16. The van der Waals surface area contributed by atoms with Crippen molar-refractivity contribution in [1.82, 2.24) is 4.57 Å². The molecule has 1 aliphatic rings. The number of carbonyl (C=O) groups excluding carboxylic acids is 1. The van der Waals surface area contributed by atoms with Gasteiger partial charge in [-0.1, -0.05) is 26.7 Å². The van der Waals surface area contributed by atoms with E-state index in [-0.39, 0.29) is 5.97 Å². The summed E-state index contributed by atoms with van der Waals surface area (Å²) in [7, 11) is 0. The lowest BCUT2D eigenvalue weighted by Gasteiger charge is -2.13. The van der Waals surface area contributed by atoms with Gasteiger partial charge in [-0.05, 0) is 24.8 Å². The molecule has 0 saturated heterocycles. The molecule has 0 unspecified atom stereocenters. The molecule has 1 aliphatic carbocycles. The second kappa shape index (κ2) is 5.46. The highest BCUT2D eigenvalue weighted by Gasteiger charge is 2.28. The first-order valence-corrected chi connectivity index (χ1v) is 6.80. The molecule has 1 aromatic rings. The Hall–Kier alpha value is -1.45. The minimum absolute atomic E-state index is 0.245. The molecule has 100 valence electrons. The molecular formula is C14H22N2O2. The van der Waals surface area contributed by atoms with Gasteiger partial charge in [-0.25, -0.2) is 4.79 Å². The molecular weight excluding hydrogens is 228 g/mol. The van der Waals surface area contributed by atoms with Crippen molar-refractivity contribution in [3.05, 3.63) is 18.0 Å². The van der Waals surface area contributed by atoms with E-state index in [1.807, 2.05) is 10.8 Å². The van der Waals surface area contributed by atoms with Crippen LogP contribution in [0.3, 0.4) is 0 Å². The summed E-state index contributed by atoms with van der Waals surface area (Å²) < 4.78 is 7.35. The average Bonchev–Trinajstić information content (AvgIpc) is 3.13. The van der Waals surface area contributed by atoms with E-state index in [4.69, 9.17) is 10.5 Å². The second-order valence-electron chi connectivity index (χ2n) is 5.08. The predicted molar refractivity (Wildman–Crippen MR) is 71.5 cm³/mol. The molecule has 2 N–H and O–H groups in total. The molecule has 0 aliphatic heterocycles. The topological polar surface area (TPSA) is 57.2 Å². The Bertz CT molecular complexity index is 417. The number of esters is 1. The van der Waals surface area contributed by atoms with Crippen molar-refractivity contribution in [3.63, 3.8) is 0 Å². The molecule has 0 atom stereocenters. The summed E-state index contributed by atoms with van der Waals surface area (Å²) in [5, 5.41) is 0. The maximum Gasteiger partial charge on any atom is 0.355 e. The number of carbonyl (C=O) groups is 1. The van der Waals surface area contributed by atoms with E-state index in [2.05, 4.69) is 13.8 Å². The fourth-order valence-corrected chi connectivity index (χ4v) is 2.11. The van der Waals surface area contributed by atoms with Crippen LogP contribution < -0.4 is 5.73 Å². The highest BCUT2D eigenvalue weighted by Crippen LogP contribution is 2.37. The molecule has 1 heterocycles. The van der Waals surface area contributed by atoms with E-state index in [0.717, 1.165) is 25.7 Å². The molecule has 2 rings (SSSR count). The Labute approximate surface area is 108 Å². The first-order valence-electron chi connectivity index (χ1n) is 6.80. The molecule has 0 bridgehead atoms. The van der Waals surface area contributed by atoms with Crippen LogP contribution in [0.4, 0.5) is 5.69 Å². The van der Waals surface area contributed by atoms with Crippen LogP contribution in [0.1, 0.15) is 56.1 Å². The van der Waals surface area contributed by atoms with Gasteiger partial charge in [-0.15, -0.1) is 0 Å². The van der Waals surface area contributed by atoms with Crippen molar-refractivity contribution in [2.75, 3.05) is 12.3 Å². The maximum absolute atomic E-state index is 12.0. The quantitative estimate of drug-likeness (QED) is 0.790. The number of ether oxygens (including phenoxy) is 1. The van der Waals surface area contributed by atoms with Crippen LogP contribution in [-0.4, -0.2) is 17.1 Å². The number of hydrogen-bond donors (Lipinski definition) is 1. The Morgan fingerprint density at radius 3 is 2.72 bits per heavy atom. The van der Waals surface area contributed by atoms with Crippen LogP contribution in [0.2, 0.25) is 0 Å². The summed E-state index contributed by atoms with van der Waals surface area (Å²) >= 11 is 0. The Morgan fingerprint density at radius 1 is 1.50 bits per heavy atom. The van der Waals surface area contributed by atoms with E-state index >= 15 is 0 Å². The van der Waals surface area contributed by atoms with Gasteiger partial charge in [-0.3, -0.25) is 0 Å². The summed E-state index contributed by atoms with van der Waals surface area (Å²) in [5.41, 5.74) is 7.00. The molecule has 1 aromatic heterocycles. The molecule has 0 spiro atoms. The molecule has 0 amide bonds. The largest absolute Gasteiger partial charge is 0.461 e. The van der Waals surface area contributed by atoms with Crippen LogP contribution in [-0.2, 0) is 4.74 Å². The van der Waals surface area contributed by atoms with Gasteiger partial charge < -0.3 is 15.0 Å². The van der Waals surface area contributed by atoms with Crippen LogP contribution in [0.25, 0.3) is 0 Å². The Balaban J connectivity index is 2.00. The number of rotatable bonds is 6. The van der Waals surface area contributed by atoms with E-state index in [0.29, 0.717) is 29.9 Å². The lowest BCUT2D eigenvalue weighted by molar-refractivity contribution is 0.0420. The zero-order chi connectivity index (χ0) is 13.1. The lowest BCUT2D eigenvalue weighted by atomic mass is 10.1. The van der Waals surface area contributed by atoms with Crippen molar-refractivity contribution in [2.45, 2.75) is 45.6 Å². The average molecular weight is 250 g/mol. The number of hydrogen-bond acceptors (Lipinski definition) is 3. The van der Waals surface area contributed by atoms with Gasteiger partial charge in [0.15, 0.2) is 0 Å². The van der Waals surface area contributed by atoms with Crippen molar-refractivity contribution in [2.24, 2.45) is 5.92 Å². The van der Waals surface area contributed by atoms with Gasteiger partial charge in [0, 0.05) is 12.2 Å². The fourth-order valence-electron chi connectivity index (χ4n) is 2.11. The van der Waals surface area contributed by atoms with Crippen molar-refractivity contribution < 1.29 is 9.53 Å². The normalized spacial score (nSPS) is 15.1.